The van der Waals surface area contributed by atoms with Gasteiger partial charge < -0.3 is 16.0 Å². The third-order valence-corrected chi connectivity index (χ3v) is 2.01. The SMILES string of the molecule is CN(C)CCCNc1ccc(C(N)=O)nn1. The van der Waals surface area contributed by atoms with Gasteiger partial charge in [0.25, 0.3) is 5.91 Å². The van der Waals surface area contributed by atoms with Crippen LogP contribution in [0.2, 0.25) is 0 Å². The number of aromatic nitrogens is 2. The number of carbonyl (C=O) groups is 1. The van der Waals surface area contributed by atoms with Crippen molar-refractivity contribution >= 4 is 11.7 Å². The second kappa shape index (κ2) is 6.02. The van der Waals surface area contributed by atoms with Gasteiger partial charge in [0.05, 0.1) is 0 Å². The Bertz CT molecular complexity index is 336. The van der Waals surface area contributed by atoms with Crippen LogP contribution in [0.15, 0.2) is 12.1 Å². The van der Waals surface area contributed by atoms with Crippen LogP contribution in [-0.2, 0) is 0 Å². The van der Waals surface area contributed by atoms with Gasteiger partial charge in [0.2, 0.25) is 0 Å². The number of nitrogens with two attached hydrogens (primary N) is 1. The summed E-state index contributed by atoms with van der Waals surface area (Å²) in [6, 6.07) is 3.26. The Morgan fingerprint density at radius 1 is 1.44 bits per heavy atom. The summed E-state index contributed by atoms with van der Waals surface area (Å²) in [5.41, 5.74) is 5.23. The Kier molecular flexibility index (Phi) is 4.65. The minimum absolute atomic E-state index is 0.179. The van der Waals surface area contributed by atoms with E-state index in [4.69, 9.17) is 5.73 Å². The maximum Gasteiger partial charge on any atom is 0.269 e. The fourth-order valence-corrected chi connectivity index (χ4v) is 1.17. The van der Waals surface area contributed by atoms with E-state index in [1.165, 1.54) is 0 Å². The molecule has 0 aliphatic heterocycles. The van der Waals surface area contributed by atoms with Crippen molar-refractivity contribution in [3.05, 3.63) is 17.8 Å². The third-order valence-electron chi connectivity index (χ3n) is 2.01. The maximum absolute atomic E-state index is 10.7. The summed E-state index contributed by atoms with van der Waals surface area (Å²) in [6.45, 7) is 1.84. The monoisotopic (exact) mass is 223 g/mol. The molecule has 0 aromatic carbocycles. The first-order chi connectivity index (χ1) is 7.59. The fraction of sp³-hybridized carbons (Fsp3) is 0.500. The lowest BCUT2D eigenvalue weighted by atomic mass is 10.3. The summed E-state index contributed by atoms with van der Waals surface area (Å²) in [7, 11) is 4.06. The van der Waals surface area contributed by atoms with Gasteiger partial charge in [-0.3, -0.25) is 4.79 Å². The highest BCUT2D eigenvalue weighted by Crippen LogP contribution is 2.01. The van der Waals surface area contributed by atoms with Gasteiger partial charge in [-0.05, 0) is 39.2 Å². The molecule has 3 N–H and O–H groups in total. The fourth-order valence-electron chi connectivity index (χ4n) is 1.17. The molecule has 1 amide bonds. The van der Waals surface area contributed by atoms with Crippen molar-refractivity contribution in [2.45, 2.75) is 6.42 Å². The molecule has 1 aromatic heterocycles. The standard InChI is InChI=1S/C10H17N5O/c1-15(2)7-3-6-12-9-5-4-8(10(11)16)13-14-9/h4-5H,3,6-7H2,1-2H3,(H2,11,16)(H,12,14). The molecule has 88 valence electrons. The third kappa shape index (κ3) is 4.22. The summed E-state index contributed by atoms with van der Waals surface area (Å²) < 4.78 is 0. The molecule has 0 saturated carbocycles. The summed E-state index contributed by atoms with van der Waals surface area (Å²) >= 11 is 0. The van der Waals surface area contributed by atoms with Gasteiger partial charge in [-0.15, -0.1) is 10.2 Å². The normalized spacial score (nSPS) is 10.4. The predicted octanol–water partition coefficient (Wildman–Crippen LogP) is -0.0609. The van der Waals surface area contributed by atoms with Crippen molar-refractivity contribution in [1.29, 1.82) is 0 Å². The molecule has 16 heavy (non-hydrogen) atoms. The van der Waals surface area contributed by atoms with Crippen LogP contribution in [0.1, 0.15) is 16.9 Å². The maximum atomic E-state index is 10.7. The van der Waals surface area contributed by atoms with Gasteiger partial charge in [0, 0.05) is 6.54 Å². The summed E-state index contributed by atoms with van der Waals surface area (Å²) in [6.07, 6.45) is 1.02. The van der Waals surface area contributed by atoms with Gasteiger partial charge in [-0.1, -0.05) is 0 Å². The van der Waals surface area contributed by atoms with E-state index in [0.717, 1.165) is 19.5 Å². The first-order valence-corrected chi connectivity index (χ1v) is 5.11. The number of nitrogens with one attached hydrogen (secondary N) is 1. The lowest BCUT2D eigenvalue weighted by molar-refractivity contribution is 0.0994. The number of hydrogen-bond acceptors (Lipinski definition) is 5. The average Bonchev–Trinajstić information content (AvgIpc) is 2.25. The first-order valence-electron chi connectivity index (χ1n) is 5.11. The molecular formula is C10H17N5O. The second-order valence-corrected chi connectivity index (χ2v) is 3.75. The Hall–Kier alpha value is -1.69. The van der Waals surface area contributed by atoms with Crippen LogP contribution in [-0.4, -0.2) is 48.2 Å². The average molecular weight is 223 g/mol. The molecule has 6 heteroatoms. The van der Waals surface area contributed by atoms with E-state index >= 15 is 0 Å². The number of carbonyl (C=O) groups excluding carboxylic acids is 1. The van der Waals surface area contributed by atoms with Gasteiger partial charge >= 0.3 is 0 Å². The van der Waals surface area contributed by atoms with E-state index in [2.05, 4.69) is 20.4 Å². The summed E-state index contributed by atoms with van der Waals surface area (Å²) in [5, 5.41) is 10.6. The van der Waals surface area contributed by atoms with E-state index in [9.17, 15) is 4.79 Å². The van der Waals surface area contributed by atoms with Crippen LogP contribution >= 0.6 is 0 Å². The zero-order chi connectivity index (χ0) is 12.0. The van der Waals surface area contributed by atoms with E-state index in [1.54, 1.807) is 12.1 Å². The van der Waals surface area contributed by atoms with Crippen molar-refractivity contribution < 1.29 is 4.79 Å². The van der Waals surface area contributed by atoms with Crippen LogP contribution in [0.3, 0.4) is 0 Å². The van der Waals surface area contributed by atoms with Gasteiger partial charge in [0.1, 0.15) is 5.82 Å². The van der Waals surface area contributed by atoms with Gasteiger partial charge in [-0.25, -0.2) is 0 Å². The highest BCUT2D eigenvalue weighted by atomic mass is 16.1. The molecule has 0 atom stereocenters. The van der Waals surface area contributed by atoms with Crippen molar-refractivity contribution in [3.8, 4) is 0 Å². The van der Waals surface area contributed by atoms with Crippen LogP contribution in [0.4, 0.5) is 5.82 Å². The number of rotatable bonds is 6. The molecule has 0 fully saturated rings. The minimum atomic E-state index is -0.563. The molecule has 0 bridgehead atoms. The lowest BCUT2D eigenvalue weighted by Gasteiger charge is -2.09. The van der Waals surface area contributed by atoms with Crippen molar-refractivity contribution in [1.82, 2.24) is 15.1 Å². The molecule has 0 aliphatic rings. The number of nitrogens with zero attached hydrogens (tertiary/aromatic N) is 3. The molecule has 1 rings (SSSR count). The molecule has 6 nitrogen and oxygen atoms in total. The van der Waals surface area contributed by atoms with Crippen LogP contribution < -0.4 is 11.1 Å². The zero-order valence-electron chi connectivity index (χ0n) is 9.60. The zero-order valence-corrected chi connectivity index (χ0v) is 9.60. The van der Waals surface area contributed by atoms with Crippen LogP contribution in [0.25, 0.3) is 0 Å². The lowest BCUT2D eigenvalue weighted by Crippen LogP contribution is -2.17. The molecule has 0 aliphatic carbocycles. The quantitative estimate of drug-likeness (QED) is 0.660. The van der Waals surface area contributed by atoms with Crippen molar-refractivity contribution in [2.75, 3.05) is 32.5 Å². The number of anilines is 1. The highest BCUT2D eigenvalue weighted by molar-refractivity contribution is 5.90. The number of amides is 1. The number of primary amides is 1. The molecule has 0 unspecified atom stereocenters. The van der Waals surface area contributed by atoms with Crippen LogP contribution in [0, 0.1) is 0 Å². The molecule has 1 aromatic rings. The van der Waals surface area contributed by atoms with Crippen molar-refractivity contribution in [3.63, 3.8) is 0 Å². The van der Waals surface area contributed by atoms with Gasteiger partial charge in [0.15, 0.2) is 5.69 Å². The van der Waals surface area contributed by atoms with E-state index in [1.807, 2.05) is 14.1 Å². The van der Waals surface area contributed by atoms with Gasteiger partial charge in [-0.2, -0.15) is 0 Å². The molecule has 0 radical (unpaired) electrons. The second-order valence-electron chi connectivity index (χ2n) is 3.75. The first kappa shape index (κ1) is 12.4. The number of hydrogen-bond donors (Lipinski definition) is 2. The Balaban J connectivity index is 2.35. The minimum Gasteiger partial charge on any atom is -0.369 e. The molecule has 1 heterocycles. The smallest absolute Gasteiger partial charge is 0.269 e. The topological polar surface area (TPSA) is 84.1 Å². The Labute approximate surface area is 94.8 Å². The Morgan fingerprint density at radius 3 is 2.69 bits per heavy atom. The van der Waals surface area contributed by atoms with E-state index in [-0.39, 0.29) is 5.69 Å². The summed E-state index contributed by atoms with van der Waals surface area (Å²) in [5.74, 6) is 0.0930. The summed E-state index contributed by atoms with van der Waals surface area (Å²) in [4.78, 5) is 12.9. The van der Waals surface area contributed by atoms with Crippen molar-refractivity contribution in [2.24, 2.45) is 5.73 Å². The Morgan fingerprint density at radius 2 is 2.19 bits per heavy atom. The molecule has 0 saturated heterocycles. The largest absolute Gasteiger partial charge is 0.369 e. The van der Waals surface area contributed by atoms with E-state index in [0.29, 0.717) is 5.82 Å². The molecule has 0 spiro atoms. The predicted molar refractivity (Wildman–Crippen MR) is 62.2 cm³/mol. The highest BCUT2D eigenvalue weighted by Gasteiger charge is 2.02. The van der Waals surface area contributed by atoms with Crippen LogP contribution in [0.5, 0.6) is 0 Å². The molecular weight excluding hydrogens is 206 g/mol. The van der Waals surface area contributed by atoms with E-state index < -0.39 is 5.91 Å².